The zero-order valence-corrected chi connectivity index (χ0v) is 14.2. The van der Waals surface area contributed by atoms with Crippen LogP contribution in [0.2, 0.25) is 0 Å². The Bertz CT molecular complexity index is 629. The lowest BCUT2D eigenvalue weighted by molar-refractivity contribution is -0.149. The predicted molar refractivity (Wildman–Crippen MR) is 85.8 cm³/mol. The number of likely N-dealkylation sites (N-methyl/N-ethyl adjacent to an activating group) is 1. The van der Waals surface area contributed by atoms with E-state index in [-0.39, 0.29) is 5.41 Å². The van der Waals surface area contributed by atoms with E-state index in [0.717, 1.165) is 16.0 Å². The smallest absolute Gasteiger partial charge is 0.388 e. The summed E-state index contributed by atoms with van der Waals surface area (Å²) in [5.74, 6) is -0.520. The van der Waals surface area contributed by atoms with E-state index in [1.807, 2.05) is 19.9 Å². The largest absolute Gasteiger partial charge is 0.401 e. The Morgan fingerprint density at radius 2 is 2.08 bits per heavy atom. The topological polar surface area (TPSA) is 52.6 Å². The molecule has 1 aromatic rings. The molecule has 4 nitrogen and oxygen atoms in total. The van der Waals surface area contributed by atoms with Gasteiger partial charge in [-0.15, -0.1) is 0 Å². The molecule has 7 heteroatoms. The molecular weight excluding hydrogens is 321 g/mol. The van der Waals surface area contributed by atoms with E-state index in [9.17, 15) is 23.1 Å². The summed E-state index contributed by atoms with van der Waals surface area (Å²) in [7, 11) is 1.26. The summed E-state index contributed by atoms with van der Waals surface area (Å²) in [5, 5.41) is 12.8. The fourth-order valence-electron chi connectivity index (χ4n) is 3.10. The SMILES string of the molecule is C[C@@H](C(=O)Nc1ccc2c(c1)[C@H](O)CC2(C)C)N(C)CC(F)(F)F. The van der Waals surface area contributed by atoms with Gasteiger partial charge in [-0.25, -0.2) is 0 Å². The van der Waals surface area contributed by atoms with Crippen LogP contribution in [0.4, 0.5) is 18.9 Å². The molecule has 1 aromatic carbocycles. The molecule has 0 saturated carbocycles. The van der Waals surface area contributed by atoms with Crippen molar-refractivity contribution in [3.8, 4) is 0 Å². The second-order valence-corrected chi connectivity index (χ2v) is 7.10. The van der Waals surface area contributed by atoms with Gasteiger partial charge in [-0.05, 0) is 49.1 Å². The van der Waals surface area contributed by atoms with Crippen LogP contribution < -0.4 is 5.32 Å². The highest BCUT2D eigenvalue weighted by molar-refractivity contribution is 5.94. The molecule has 24 heavy (non-hydrogen) atoms. The minimum atomic E-state index is -4.35. The van der Waals surface area contributed by atoms with Gasteiger partial charge < -0.3 is 10.4 Å². The van der Waals surface area contributed by atoms with Crippen LogP contribution in [0.25, 0.3) is 0 Å². The maximum Gasteiger partial charge on any atom is 0.401 e. The Hall–Kier alpha value is -1.60. The Morgan fingerprint density at radius 1 is 1.46 bits per heavy atom. The average molecular weight is 344 g/mol. The van der Waals surface area contributed by atoms with E-state index in [2.05, 4.69) is 5.32 Å². The molecule has 0 bridgehead atoms. The average Bonchev–Trinajstić information content (AvgIpc) is 2.65. The normalized spacial score (nSPS) is 20.8. The van der Waals surface area contributed by atoms with Crippen molar-refractivity contribution < 1.29 is 23.1 Å². The predicted octanol–water partition coefficient (Wildman–Crippen LogP) is 3.22. The van der Waals surface area contributed by atoms with E-state index in [4.69, 9.17) is 0 Å². The molecule has 0 unspecified atom stereocenters. The summed E-state index contributed by atoms with van der Waals surface area (Å²) in [5.41, 5.74) is 2.12. The number of fused-ring (bicyclic) bond motifs is 1. The van der Waals surface area contributed by atoms with Crippen molar-refractivity contribution >= 4 is 11.6 Å². The number of aliphatic hydroxyl groups excluding tert-OH is 1. The molecule has 2 atom stereocenters. The standard InChI is InChI=1S/C17H23F3N2O2/c1-10(22(4)9-17(18,19)20)15(24)21-11-5-6-13-12(7-11)14(23)8-16(13,2)3/h5-7,10,14,23H,8-9H2,1-4H3,(H,21,24)/t10-,14+/m0/s1. The van der Waals surface area contributed by atoms with Crippen LogP contribution in [0.15, 0.2) is 18.2 Å². The summed E-state index contributed by atoms with van der Waals surface area (Å²) >= 11 is 0. The lowest BCUT2D eigenvalue weighted by atomic mass is 9.86. The van der Waals surface area contributed by atoms with E-state index in [1.54, 1.807) is 12.1 Å². The van der Waals surface area contributed by atoms with Crippen molar-refractivity contribution in [3.63, 3.8) is 0 Å². The minimum absolute atomic E-state index is 0.141. The number of carbonyl (C=O) groups excluding carboxylic acids is 1. The molecule has 0 heterocycles. The van der Waals surface area contributed by atoms with E-state index in [1.165, 1.54) is 14.0 Å². The number of amides is 1. The first-order chi connectivity index (χ1) is 10.9. The zero-order chi connectivity index (χ0) is 18.3. The molecule has 0 saturated heterocycles. The summed E-state index contributed by atoms with van der Waals surface area (Å²) in [6, 6.07) is 4.34. The number of anilines is 1. The lowest BCUT2D eigenvalue weighted by Crippen LogP contribution is -2.44. The van der Waals surface area contributed by atoms with Crippen LogP contribution in [-0.4, -0.2) is 41.7 Å². The maximum atomic E-state index is 12.4. The first-order valence-corrected chi connectivity index (χ1v) is 7.81. The Labute approximate surface area is 139 Å². The molecule has 1 amide bonds. The Kier molecular flexibility index (Phi) is 4.97. The second kappa shape index (κ2) is 6.37. The first kappa shape index (κ1) is 18.7. The number of hydrogen-bond acceptors (Lipinski definition) is 3. The summed E-state index contributed by atoms with van der Waals surface area (Å²) in [6.07, 6.45) is -4.35. The number of nitrogens with one attached hydrogen (secondary N) is 1. The zero-order valence-electron chi connectivity index (χ0n) is 14.2. The van der Waals surface area contributed by atoms with Crippen molar-refractivity contribution in [1.82, 2.24) is 4.90 Å². The lowest BCUT2D eigenvalue weighted by Gasteiger charge is -2.25. The number of nitrogens with zero attached hydrogens (tertiary/aromatic N) is 1. The van der Waals surface area contributed by atoms with Gasteiger partial charge in [-0.1, -0.05) is 19.9 Å². The molecule has 2 N–H and O–H groups in total. The van der Waals surface area contributed by atoms with Gasteiger partial charge in [0.05, 0.1) is 18.7 Å². The van der Waals surface area contributed by atoms with Gasteiger partial charge >= 0.3 is 6.18 Å². The third kappa shape index (κ3) is 4.08. The van der Waals surface area contributed by atoms with E-state index in [0.29, 0.717) is 12.1 Å². The van der Waals surface area contributed by atoms with Gasteiger partial charge in [0.2, 0.25) is 5.91 Å². The van der Waals surface area contributed by atoms with Crippen molar-refractivity contribution in [2.24, 2.45) is 0 Å². The number of halogens is 3. The van der Waals surface area contributed by atoms with E-state index >= 15 is 0 Å². The van der Waals surface area contributed by atoms with Gasteiger partial charge in [0.15, 0.2) is 0 Å². The highest BCUT2D eigenvalue weighted by Crippen LogP contribution is 2.45. The van der Waals surface area contributed by atoms with Crippen LogP contribution in [-0.2, 0) is 10.2 Å². The first-order valence-electron chi connectivity index (χ1n) is 7.81. The van der Waals surface area contributed by atoms with E-state index < -0.39 is 30.8 Å². The van der Waals surface area contributed by atoms with Crippen LogP contribution in [0.5, 0.6) is 0 Å². The molecule has 0 radical (unpaired) electrons. The molecule has 1 aliphatic carbocycles. The summed E-state index contributed by atoms with van der Waals surface area (Å²) in [6.45, 7) is 4.34. The van der Waals surface area contributed by atoms with Gasteiger partial charge in [-0.2, -0.15) is 13.2 Å². The fraction of sp³-hybridized carbons (Fsp3) is 0.588. The minimum Gasteiger partial charge on any atom is -0.388 e. The summed E-state index contributed by atoms with van der Waals surface area (Å²) in [4.78, 5) is 13.1. The third-order valence-electron chi connectivity index (χ3n) is 4.58. The molecule has 0 aromatic heterocycles. The molecular formula is C17H23F3N2O2. The van der Waals surface area contributed by atoms with Crippen LogP contribution in [0.1, 0.15) is 44.4 Å². The van der Waals surface area contributed by atoms with Crippen LogP contribution >= 0.6 is 0 Å². The molecule has 0 aliphatic heterocycles. The van der Waals surface area contributed by atoms with Crippen LogP contribution in [0, 0.1) is 0 Å². The number of rotatable bonds is 4. The molecule has 1 aliphatic rings. The highest BCUT2D eigenvalue weighted by atomic mass is 19.4. The number of alkyl halides is 3. The Balaban J connectivity index is 2.09. The van der Waals surface area contributed by atoms with Crippen LogP contribution in [0.3, 0.4) is 0 Å². The molecule has 0 spiro atoms. The van der Waals surface area contributed by atoms with Gasteiger partial charge in [0, 0.05) is 5.69 Å². The third-order valence-corrected chi connectivity index (χ3v) is 4.58. The van der Waals surface area contributed by atoms with Gasteiger partial charge in [0.25, 0.3) is 0 Å². The summed E-state index contributed by atoms with van der Waals surface area (Å²) < 4.78 is 37.3. The van der Waals surface area contributed by atoms with Gasteiger partial charge in [-0.3, -0.25) is 9.69 Å². The second-order valence-electron chi connectivity index (χ2n) is 7.10. The number of carbonyl (C=O) groups is 1. The molecule has 0 fully saturated rings. The Morgan fingerprint density at radius 3 is 2.67 bits per heavy atom. The highest BCUT2D eigenvalue weighted by Gasteiger charge is 2.36. The monoisotopic (exact) mass is 344 g/mol. The maximum absolute atomic E-state index is 12.4. The van der Waals surface area contributed by atoms with Crippen molar-refractivity contribution in [1.29, 1.82) is 0 Å². The number of aliphatic hydroxyl groups is 1. The molecule has 2 rings (SSSR count). The fourth-order valence-corrected chi connectivity index (χ4v) is 3.10. The van der Waals surface area contributed by atoms with Crippen molar-refractivity contribution in [2.75, 3.05) is 18.9 Å². The van der Waals surface area contributed by atoms with Crippen molar-refractivity contribution in [3.05, 3.63) is 29.3 Å². The van der Waals surface area contributed by atoms with Crippen molar-refractivity contribution in [2.45, 2.75) is 50.9 Å². The number of hydrogen-bond donors (Lipinski definition) is 2. The van der Waals surface area contributed by atoms with Gasteiger partial charge in [0.1, 0.15) is 0 Å². The quantitative estimate of drug-likeness (QED) is 0.882. The molecule has 134 valence electrons. The number of benzene rings is 1.